The molecule has 2 saturated heterocycles. The number of amides is 2. The Kier molecular flexibility index (Phi) is 5.45. The van der Waals surface area contributed by atoms with Gasteiger partial charge in [-0.3, -0.25) is 4.90 Å². The van der Waals surface area contributed by atoms with Gasteiger partial charge in [0.2, 0.25) is 0 Å². The Morgan fingerprint density at radius 1 is 1.24 bits per heavy atom. The first kappa shape index (κ1) is 16.1. The summed E-state index contributed by atoms with van der Waals surface area (Å²) in [4.78, 5) is 25.7. The number of urea groups is 1. The van der Waals surface area contributed by atoms with Crippen LogP contribution in [-0.2, 0) is 4.79 Å². The Balaban J connectivity index is 1.84. The number of carbonyl (C=O) groups is 2. The minimum Gasteiger partial charge on any atom is -0.480 e. The van der Waals surface area contributed by atoms with Crippen LogP contribution in [0.3, 0.4) is 0 Å². The molecule has 0 aromatic heterocycles. The molecule has 0 aromatic rings. The number of carbonyl (C=O) groups excluding carboxylic acids is 1. The lowest BCUT2D eigenvalue weighted by atomic mass is 9.99. The third-order valence-electron chi connectivity index (χ3n) is 4.48. The topological polar surface area (TPSA) is 81.7 Å². The van der Waals surface area contributed by atoms with Crippen LogP contribution in [-0.4, -0.2) is 53.2 Å². The molecule has 2 amide bonds. The SMILES string of the molecule is CC(C)C[C@H](NC(=O)NC1CCN2CCCCC12)C(=O)O. The maximum absolute atomic E-state index is 12.1. The average molecular weight is 297 g/mol. The summed E-state index contributed by atoms with van der Waals surface area (Å²) >= 11 is 0. The van der Waals surface area contributed by atoms with Crippen molar-refractivity contribution in [2.24, 2.45) is 5.92 Å². The number of nitrogens with one attached hydrogen (secondary N) is 2. The number of piperidine rings is 1. The van der Waals surface area contributed by atoms with Crippen molar-refractivity contribution in [3.63, 3.8) is 0 Å². The molecule has 3 atom stereocenters. The summed E-state index contributed by atoms with van der Waals surface area (Å²) < 4.78 is 0. The van der Waals surface area contributed by atoms with Crippen LogP contribution < -0.4 is 10.6 Å². The Morgan fingerprint density at radius 3 is 2.67 bits per heavy atom. The summed E-state index contributed by atoms with van der Waals surface area (Å²) in [5.41, 5.74) is 0. The molecule has 6 heteroatoms. The number of fused-ring (bicyclic) bond motifs is 1. The Bertz CT molecular complexity index is 386. The summed E-state index contributed by atoms with van der Waals surface area (Å²) in [6.45, 7) is 6.05. The summed E-state index contributed by atoms with van der Waals surface area (Å²) in [5.74, 6) is -0.740. The molecule has 0 aliphatic carbocycles. The highest BCUT2D eigenvalue weighted by Gasteiger charge is 2.36. The molecule has 0 radical (unpaired) electrons. The van der Waals surface area contributed by atoms with E-state index in [-0.39, 0.29) is 18.0 Å². The quantitative estimate of drug-likeness (QED) is 0.716. The van der Waals surface area contributed by atoms with Crippen molar-refractivity contribution in [1.82, 2.24) is 15.5 Å². The van der Waals surface area contributed by atoms with Gasteiger partial charge >= 0.3 is 12.0 Å². The fraction of sp³-hybridized carbons (Fsp3) is 0.867. The molecule has 2 aliphatic heterocycles. The van der Waals surface area contributed by atoms with Gasteiger partial charge in [-0.15, -0.1) is 0 Å². The Morgan fingerprint density at radius 2 is 2.00 bits per heavy atom. The monoisotopic (exact) mass is 297 g/mol. The zero-order valence-corrected chi connectivity index (χ0v) is 13.0. The number of aliphatic carboxylic acids is 1. The minimum atomic E-state index is -0.968. The molecule has 2 unspecified atom stereocenters. The molecular formula is C15H27N3O3. The number of hydrogen-bond donors (Lipinski definition) is 3. The van der Waals surface area contributed by atoms with E-state index in [1.807, 2.05) is 13.8 Å². The van der Waals surface area contributed by atoms with E-state index in [2.05, 4.69) is 15.5 Å². The summed E-state index contributed by atoms with van der Waals surface area (Å²) in [6.07, 6.45) is 4.99. The largest absolute Gasteiger partial charge is 0.480 e. The first-order valence-corrected chi connectivity index (χ1v) is 8.01. The zero-order chi connectivity index (χ0) is 15.4. The van der Waals surface area contributed by atoms with Gasteiger partial charge in [0.25, 0.3) is 0 Å². The van der Waals surface area contributed by atoms with E-state index in [1.54, 1.807) is 0 Å². The maximum Gasteiger partial charge on any atom is 0.326 e. The van der Waals surface area contributed by atoms with Gasteiger partial charge in [0, 0.05) is 18.6 Å². The highest BCUT2D eigenvalue weighted by Crippen LogP contribution is 2.27. The molecule has 6 nitrogen and oxygen atoms in total. The molecule has 21 heavy (non-hydrogen) atoms. The van der Waals surface area contributed by atoms with E-state index in [9.17, 15) is 9.59 Å². The van der Waals surface area contributed by atoms with Gasteiger partial charge in [-0.25, -0.2) is 9.59 Å². The van der Waals surface area contributed by atoms with E-state index < -0.39 is 12.0 Å². The summed E-state index contributed by atoms with van der Waals surface area (Å²) in [7, 11) is 0. The average Bonchev–Trinajstić information content (AvgIpc) is 2.81. The second kappa shape index (κ2) is 7.11. The zero-order valence-electron chi connectivity index (χ0n) is 13.0. The van der Waals surface area contributed by atoms with Crippen molar-refractivity contribution in [3.05, 3.63) is 0 Å². The maximum atomic E-state index is 12.1. The van der Waals surface area contributed by atoms with Crippen molar-refractivity contribution >= 4 is 12.0 Å². The van der Waals surface area contributed by atoms with E-state index >= 15 is 0 Å². The van der Waals surface area contributed by atoms with Gasteiger partial charge in [-0.05, 0) is 38.1 Å². The third-order valence-corrected chi connectivity index (χ3v) is 4.48. The molecule has 120 valence electrons. The van der Waals surface area contributed by atoms with E-state index in [4.69, 9.17) is 5.11 Å². The molecule has 0 saturated carbocycles. The molecule has 0 aromatic carbocycles. The highest BCUT2D eigenvalue weighted by atomic mass is 16.4. The minimum absolute atomic E-state index is 0.152. The predicted octanol–water partition coefficient (Wildman–Crippen LogP) is 1.41. The normalized spacial score (nSPS) is 27.2. The van der Waals surface area contributed by atoms with E-state index in [1.165, 1.54) is 12.8 Å². The molecule has 0 bridgehead atoms. The summed E-state index contributed by atoms with van der Waals surface area (Å²) in [6, 6.07) is -0.578. The molecule has 2 heterocycles. The number of hydrogen-bond acceptors (Lipinski definition) is 3. The Labute approximate surface area is 126 Å². The molecule has 2 rings (SSSR count). The van der Waals surface area contributed by atoms with E-state index in [0.29, 0.717) is 12.5 Å². The standard InChI is InChI=1S/C15H27N3O3/c1-10(2)9-12(14(19)20)17-15(21)16-11-6-8-18-7-4-3-5-13(11)18/h10-13H,3-9H2,1-2H3,(H,19,20)(H2,16,17,21)/t11?,12-,13?/m0/s1. The van der Waals surface area contributed by atoms with Crippen LogP contribution in [0.15, 0.2) is 0 Å². The smallest absolute Gasteiger partial charge is 0.326 e. The van der Waals surface area contributed by atoms with Crippen molar-refractivity contribution in [2.75, 3.05) is 13.1 Å². The van der Waals surface area contributed by atoms with Crippen molar-refractivity contribution < 1.29 is 14.7 Å². The van der Waals surface area contributed by atoms with Gasteiger partial charge in [0.05, 0.1) is 0 Å². The van der Waals surface area contributed by atoms with Gasteiger partial charge in [0.1, 0.15) is 6.04 Å². The van der Waals surface area contributed by atoms with Gasteiger partial charge < -0.3 is 15.7 Å². The van der Waals surface area contributed by atoms with Crippen LogP contribution >= 0.6 is 0 Å². The first-order chi connectivity index (χ1) is 9.97. The molecule has 0 spiro atoms. The second-order valence-corrected chi connectivity index (χ2v) is 6.63. The van der Waals surface area contributed by atoms with Crippen LogP contribution in [0.25, 0.3) is 0 Å². The molecular weight excluding hydrogens is 270 g/mol. The Hall–Kier alpha value is -1.30. The molecule has 3 N–H and O–H groups in total. The fourth-order valence-corrected chi connectivity index (χ4v) is 3.48. The van der Waals surface area contributed by atoms with Gasteiger partial charge in [0.15, 0.2) is 0 Å². The van der Waals surface area contributed by atoms with Crippen molar-refractivity contribution in [3.8, 4) is 0 Å². The van der Waals surface area contributed by atoms with Crippen LogP contribution in [0.1, 0.15) is 46.0 Å². The van der Waals surface area contributed by atoms with Crippen molar-refractivity contribution in [1.29, 1.82) is 0 Å². The third kappa shape index (κ3) is 4.33. The van der Waals surface area contributed by atoms with Crippen LogP contribution in [0.5, 0.6) is 0 Å². The lowest BCUT2D eigenvalue weighted by Gasteiger charge is -2.32. The number of carboxylic acids is 1. The lowest BCUT2D eigenvalue weighted by Crippen LogP contribution is -2.53. The molecule has 2 fully saturated rings. The fourth-order valence-electron chi connectivity index (χ4n) is 3.48. The van der Waals surface area contributed by atoms with Crippen molar-refractivity contribution in [2.45, 2.75) is 64.1 Å². The highest BCUT2D eigenvalue weighted by molar-refractivity contribution is 5.82. The predicted molar refractivity (Wildman–Crippen MR) is 80.2 cm³/mol. The second-order valence-electron chi connectivity index (χ2n) is 6.63. The van der Waals surface area contributed by atoms with E-state index in [0.717, 1.165) is 25.9 Å². The number of rotatable bonds is 5. The van der Waals surface area contributed by atoms with Crippen LogP contribution in [0.4, 0.5) is 4.79 Å². The van der Waals surface area contributed by atoms with Crippen LogP contribution in [0.2, 0.25) is 0 Å². The summed E-state index contributed by atoms with van der Waals surface area (Å²) in [5, 5.41) is 14.8. The van der Waals surface area contributed by atoms with Gasteiger partial charge in [-0.1, -0.05) is 20.3 Å². The van der Waals surface area contributed by atoms with Gasteiger partial charge in [-0.2, -0.15) is 0 Å². The molecule has 2 aliphatic rings. The first-order valence-electron chi connectivity index (χ1n) is 8.01. The number of carboxylic acid groups (broad SMARTS) is 1. The van der Waals surface area contributed by atoms with Crippen LogP contribution in [0, 0.1) is 5.92 Å². The number of nitrogens with zero attached hydrogens (tertiary/aromatic N) is 1. The lowest BCUT2D eigenvalue weighted by molar-refractivity contribution is -0.139.